The molecule has 2 aromatic rings. The van der Waals surface area contributed by atoms with Gasteiger partial charge in [0.05, 0.1) is 6.04 Å². The lowest BCUT2D eigenvalue weighted by molar-refractivity contribution is 0.171. The molecule has 2 aliphatic heterocycles. The predicted molar refractivity (Wildman–Crippen MR) is 68.7 cm³/mol. The molecule has 1 unspecified atom stereocenters. The maximum atomic E-state index is 5.64. The first-order valence-electron chi connectivity index (χ1n) is 6.45. The topological polar surface area (TPSA) is 61.2 Å². The Morgan fingerprint density at radius 3 is 3.05 bits per heavy atom. The largest absolute Gasteiger partial charge is 0.486 e. The summed E-state index contributed by atoms with van der Waals surface area (Å²) < 4.78 is 13.1. The Hall–Kier alpha value is -2.24. The summed E-state index contributed by atoms with van der Waals surface area (Å²) in [7, 11) is 0. The van der Waals surface area contributed by atoms with Crippen molar-refractivity contribution in [2.45, 2.75) is 12.5 Å². The van der Waals surface area contributed by atoms with Crippen molar-refractivity contribution in [3.05, 3.63) is 30.1 Å². The molecule has 6 nitrogen and oxygen atoms in total. The minimum atomic E-state index is 0.203. The number of nitrogens with one attached hydrogen (secondary N) is 1. The van der Waals surface area contributed by atoms with Crippen LogP contribution in [-0.4, -0.2) is 34.5 Å². The number of anilines is 1. The lowest BCUT2D eigenvalue weighted by atomic mass is 10.0. The third kappa shape index (κ3) is 1.71. The third-order valence-corrected chi connectivity index (χ3v) is 3.52. The molecule has 4 rings (SSSR count). The summed E-state index contributed by atoms with van der Waals surface area (Å²) >= 11 is 0. The van der Waals surface area contributed by atoms with E-state index in [0.29, 0.717) is 13.2 Å². The molecule has 0 fully saturated rings. The molecule has 0 bridgehead atoms. The van der Waals surface area contributed by atoms with E-state index >= 15 is 0 Å². The summed E-state index contributed by atoms with van der Waals surface area (Å²) in [6.45, 7) is 2.13. The summed E-state index contributed by atoms with van der Waals surface area (Å²) in [4.78, 5) is 4.20. The maximum absolute atomic E-state index is 5.64. The van der Waals surface area contributed by atoms with E-state index in [0.717, 1.165) is 30.4 Å². The fraction of sp³-hybridized carbons (Fsp3) is 0.385. The zero-order chi connectivity index (χ0) is 12.7. The van der Waals surface area contributed by atoms with E-state index in [1.165, 1.54) is 5.56 Å². The molecule has 1 aromatic heterocycles. The molecule has 98 valence electrons. The first-order valence-corrected chi connectivity index (χ1v) is 6.45. The van der Waals surface area contributed by atoms with Gasteiger partial charge in [-0.05, 0) is 24.1 Å². The highest BCUT2D eigenvalue weighted by Gasteiger charge is 2.24. The van der Waals surface area contributed by atoms with Crippen molar-refractivity contribution in [1.29, 1.82) is 0 Å². The number of hydrogen-bond donors (Lipinski definition) is 1. The van der Waals surface area contributed by atoms with Crippen LogP contribution in [0.15, 0.2) is 24.5 Å². The van der Waals surface area contributed by atoms with Crippen LogP contribution in [0.25, 0.3) is 0 Å². The summed E-state index contributed by atoms with van der Waals surface area (Å²) in [6, 6.07) is 6.31. The standard InChI is InChI=1S/C13H14N4O2/c1-2-11-12(19-6-5-18-11)7-9(1)10-3-4-14-13-15-8-16-17(10)13/h1-2,7-8,10H,3-6H2,(H,14,15,16). The second-order valence-corrected chi connectivity index (χ2v) is 4.66. The first kappa shape index (κ1) is 10.7. The van der Waals surface area contributed by atoms with Gasteiger partial charge in [0.1, 0.15) is 19.5 Å². The summed E-state index contributed by atoms with van der Waals surface area (Å²) in [5.74, 6) is 2.47. The first-order chi connectivity index (χ1) is 9.42. The van der Waals surface area contributed by atoms with Crippen molar-refractivity contribution in [2.24, 2.45) is 0 Å². The number of hydrogen-bond acceptors (Lipinski definition) is 5. The van der Waals surface area contributed by atoms with Gasteiger partial charge in [-0.15, -0.1) is 0 Å². The molecule has 1 atom stereocenters. The van der Waals surface area contributed by atoms with Crippen molar-refractivity contribution in [2.75, 3.05) is 25.1 Å². The summed E-state index contributed by atoms with van der Waals surface area (Å²) in [5, 5.41) is 7.54. The van der Waals surface area contributed by atoms with Crippen molar-refractivity contribution < 1.29 is 9.47 Å². The fourth-order valence-corrected chi connectivity index (χ4v) is 2.62. The van der Waals surface area contributed by atoms with Gasteiger partial charge in [-0.1, -0.05) is 6.07 Å². The molecule has 3 heterocycles. The lowest BCUT2D eigenvalue weighted by Gasteiger charge is -2.26. The average Bonchev–Trinajstić information content (AvgIpc) is 2.95. The Labute approximate surface area is 110 Å². The molecule has 1 N–H and O–H groups in total. The second-order valence-electron chi connectivity index (χ2n) is 4.66. The number of benzene rings is 1. The quantitative estimate of drug-likeness (QED) is 0.839. The van der Waals surface area contributed by atoms with Crippen LogP contribution in [0.2, 0.25) is 0 Å². The molecule has 0 amide bonds. The van der Waals surface area contributed by atoms with Crippen LogP contribution in [0, 0.1) is 0 Å². The van der Waals surface area contributed by atoms with Crippen LogP contribution in [0.1, 0.15) is 18.0 Å². The van der Waals surface area contributed by atoms with Gasteiger partial charge in [-0.2, -0.15) is 10.1 Å². The number of ether oxygens (including phenoxy) is 2. The van der Waals surface area contributed by atoms with E-state index in [4.69, 9.17) is 9.47 Å². The Bertz CT molecular complexity index is 610. The number of fused-ring (bicyclic) bond motifs is 2. The molecule has 0 saturated heterocycles. The SMILES string of the molecule is c1nc2n(n1)C(c1ccc3c(c1)OCCO3)CCN2. The molecule has 19 heavy (non-hydrogen) atoms. The highest BCUT2D eigenvalue weighted by atomic mass is 16.6. The van der Waals surface area contributed by atoms with Crippen LogP contribution >= 0.6 is 0 Å². The second kappa shape index (κ2) is 4.15. The summed E-state index contributed by atoms with van der Waals surface area (Å²) in [6.07, 6.45) is 2.56. The van der Waals surface area contributed by atoms with Crippen molar-refractivity contribution in [1.82, 2.24) is 14.8 Å². The molecule has 0 radical (unpaired) electrons. The van der Waals surface area contributed by atoms with Gasteiger partial charge in [0.15, 0.2) is 11.5 Å². The predicted octanol–water partition coefficient (Wildman–Crippen LogP) is 1.45. The van der Waals surface area contributed by atoms with Crippen LogP contribution in [0.4, 0.5) is 5.95 Å². The van der Waals surface area contributed by atoms with Crippen LogP contribution in [0.5, 0.6) is 11.5 Å². The highest BCUT2D eigenvalue weighted by molar-refractivity contribution is 5.45. The van der Waals surface area contributed by atoms with Crippen molar-refractivity contribution >= 4 is 5.95 Å². The minimum absolute atomic E-state index is 0.203. The average molecular weight is 258 g/mol. The molecule has 0 spiro atoms. The van der Waals surface area contributed by atoms with Crippen LogP contribution in [-0.2, 0) is 0 Å². The monoisotopic (exact) mass is 258 g/mol. The number of aromatic nitrogens is 3. The van der Waals surface area contributed by atoms with Gasteiger partial charge < -0.3 is 14.8 Å². The highest BCUT2D eigenvalue weighted by Crippen LogP contribution is 2.35. The smallest absolute Gasteiger partial charge is 0.221 e. The maximum Gasteiger partial charge on any atom is 0.221 e. The zero-order valence-corrected chi connectivity index (χ0v) is 10.4. The van der Waals surface area contributed by atoms with Gasteiger partial charge in [0.25, 0.3) is 0 Å². The fourth-order valence-electron chi connectivity index (χ4n) is 2.62. The Morgan fingerprint density at radius 2 is 2.11 bits per heavy atom. The van der Waals surface area contributed by atoms with Crippen LogP contribution in [0.3, 0.4) is 0 Å². The van der Waals surface area contributed by atoms with E-state index < -0.39 is 0 Å². The van der Waals surface area contributed by atoms with E-state index in [2.05, 4.69) is 27.5 Å². The van der Waals surface area contributed by atoms with Crippen molar-refractivity contribution in [3.63, 3.8) is 0 Å². The van der Waals surface area contributed by atoms with Gasteiger partial charge in [-0.3, -0.25) is 0 Å². The molecular formula is C13H14N4O2. The Morgan fingerprint density at radius 1 is 1.21 bits per heavy atom. The minimum Gasteiger partial charge on any atom is -0.486 e. The van der Waals surface area contributed by atoms with Crippen LogP contribution < -0.4 is 14.8 Å². The van der Waals surface area contributed by atoms with E-state index in [9.17, 15) is 0 Å². The molecule has 2 aliphatic rings. The van der Waals surface area contributed by atoms with Gasteiger partial charge in [0.2, 0.25) is 5.95 Å². The molecule has 0 aliphatic carbocycles. The summed E-state index contributed by atoms with van der Waals surface area (Å²) in [5.41, 5.74) is 1.18. The van der Waals surface area contributed by atoms with Crippen molar-refractivity contribution in [3.8, 4) is 11.5 Å². The Balaban J connectivity index is 1.74. The molecule has 6 heteroatoms. The normalized spacial score (nSPS) is 20.5. The molecule has 0 saturated carbocycles. The van der Waals surface area contributed by atoms with Gasteiger partial charge in [0, 0.05) is 6.54 Å². The Kier molecular flexibility index (Phi) is 2.33. The van der Waals surface area contributed by atoms with E-state index in [1.54, 1.807) is 6.33 Å². The van der Waals surface area contributed by atoms with Gasteiger partial charge in [-0.25, -0.2) is 4.68 Å². The number of nitrogens with zero attached hydrogens (tertiary/aromatic N) is 3. The number of rotatable bonds is 1. The van der Waals surface area contributed by atoms with E-state index in [-0.39, 0.29) is 6.04 Å². The molecule has 1 aromatic carbocycles. The zero-order valence-electron chi connectivity index (χ0n) is 10.4. The van der Waals surface area contributed by atoms with E-state index in [1.807, 2.05) is 10.7 Å². The van der Waals surface area contributed by atoms with Gasteiger partial charge >= 0.3 is 0 Å². The lowest BCUT2D eigenvalue weighted by Crippen LogP contribution is -2.25. The third-order valence-electron chi connectivity index (χ3n) is 3.52. The molecular weight excluding hydrogens is 244 g/mol.